The summed E-state index contributed by atoms with van der Waals surface area (Å²) in [6.45, 7) is 11.0. The Labute approximate surface area is 408 Å². The molecule has 2 aliphatic rings. The Morgan fingerprint density at radius 2 is 1.76 bits per heavy atom. The number of thioether (sulfide) groups is 1. The summed E-state index contributed by atoms with van der Waals surface area (Å²) in [6, 6.07) is 13.7. The molecule has 0 unspecified atom stereocenters. The summed E-state index contributed by atoms with van der Waals surface area (Å²) in [5.41, 5.74) is 7.99. The molecule has 1 aromatic carbocycles. The molecular formula is C45H49ClN9O10S3+. The predicted octanol–water partition coefficient (Wildman–Crippen LogP) is 6.59. The number of nitrogens with zero attached hydrogens (tertiary/aromatic N) is 6. The van der Waals surface area contributed by atoms with Gasteiger partial charge in [0.1, 0.15) is 69.2 Å². The van der Waals surface area contributed by atoms with Crippen LogP contribution in [0.25, 0.3) is 11.0 Å². The molecule has 19 nitrogen and oxygen atoms in total. The van der Waals surface area contributed by atoms with Crippen molar-refractivity contribution in [2.75, 3.05) is 25.3 Å². The molecule has 0 spiro atoms. The van der Waals surface area contributed by atoms with E-state index in [0.29, 0.717) is 34.7 Å². The molecule has 4 N–H and O–H groups in total. The number of rotatable bonds is 14. The molecule has 6 heterocycles. The number of thiophene rings is 1. The molecule has 1 saturated heterocycles. The van der Waals surface area contributed by atoms with Crippen LogP contribution in [0.1, 0.15) is 63.2 Å². The predicted molar refractivity (Wildman–Crippen MR) is 258 cm³/mol. The van der Waals surface area contributed by atoms with Crippen LogP contribution in [0.4, 0.5) is 14.7 Å². The first-order valence-electron chi connectivity index (χ1n) is 20.9. The zero-order chi connectivity index (χ0) is 49.1. The van der Waals surface area contributed by atoms with E-state index in [-0.39, 0.29) is 45.6 Å². The van der Waals surface area contributed by atoms with Crippen molar-refractivity contribution in [3.8, 4) is 5.75 Å². The van der Waals surface area contributed by atoms with Gasteiger partial charge in [0.2, 0.25) is 5.52 Å². The number of benzene rings is 1. The largest absolute Gasteiger partial charge is 0.497 e. The van der Waals surface area contributed by atoms with Gasteiger partial charge in [-0.25, -0.2) is 19.4 Å². The van der Waals surface area contributed by atoms with Crippen molar-refractivity contribution in [2.45, 2.75) is 83.9 Å². The summed E-state index contributed by atoms with van der Waals surface area (Å²) >= 11 is 10.2. The molecule has 1 fully saturated rings. The van der Waals surface area contributed by atoms with Crippen LogP contribution in [0.15, 0.2) is 87.7 Å². The Hall–Kier alpha value is -6.49. The molecule has 358 valence electrons. The Morgan fingerprint density at radius 1 is 1.03 bits per heavy atom. The van der Waals surface area contributed by atoms with E-state index in [2.05, 4.69) is 30.3 Å². The summed E-state index contributed by atoms with van der Waals surface area (Å²) in [6.07, 6.45) is 2.30. The normalized spacial score (nSPS) is 16.5. The number of esters is 1. The van der Waals surface area contributed by atoms with Gasteiger partial charge < -0.3 is 39.4 Å². The number of nitrogens with one attached hydrogen (secondary N) is 2. The lowest BCUT2D eigenvalue weighted by Crippen LogP contribution is -2.71. The molecule has 0 aliphatic carbocycles. The fraction of sp³-hybridized carbons (Fsp3) is 0.356. The number of anilines is 1. The van der Waals surface area contributed by atoms with Crippen LogP contribution < -0.4 is 25.7 Å². The Kier molecular flexibility index (Phi) is 14.8. The third kappa shape index (κ3) is 11.6. The van der Waals surface area contributed by atoms with Crippen molar-refractivity contribution >= 4 is 104 Å². The minimum absolute atomic E-state index is 0.0147. The highest BCUT2D eigenvalue weighted by molar-refractivity contribution is 8.00. The number of amidine groups is 1. The van der Waals surface area contributed by atoms with Crippen LogP contribution in [0.3, 0.4) is 0 Å². The number of pyridine rings is 1. The third-order valence-electron chi connectivity index (χ3n) is 9.93. The number of hydrogen-bond acceptors (Lipinski definition) is 15. The van der Waals surface area contributed by atoms with Crippen LogP contribution in [-0.2, 0) is 53.1 Å². The van der Waals surface area contributed by atoms with E-state index in [1.807, 2.05) is 46.6 Å². The van der Waals surface area contributed by atoms with Crippen molar-refractivity contribution < 1.29 is 52.3 Å². The quantitative estimate of drug-likeness (QED) is 0.0203. The van der Waals surface area contributed by atoms with Gasteiger partial charge in [-0.15, -0.1) is 23.1 Å². The fourth-order valence-corrected chi connectivity index (χ4v) is 10.3. The summed E-state index contributed by atoms with van der Waals surface area (Å²) in [5, 5.41) is 10.3. The second kappa shape index (κ2) is 20.4. The van der Waals surface area contributed by atoms with Crippen molar-refractivity contribution in [3.63, 3.8) is 0 Å². The van der Waals surface area contributed by atoms with Gasteiger partial charge in [0.15, 0.2) is 23.6 Å². The van der Waals surface area contributed by atoms with E-state index in [4.69, 9.17) is 41.1 Å². The second-order valence-electron chi connectivity index (χ2n) is 17.3. The smallest absolute Gasteiger partial charge is 0.436 e. The van der Waals surface area contributed by atoms with Crippen molar-refractivity contribution in [1.29, 1.82) is 0 Å². The molecule has 0 radical (unpaired) electrons. The number of fused-ring (bicyclic) bond motifs is 2. The monoisotopic (exact) mass is 1010 g/mol. The number of nitrogens with two attached hydrogens (primary N) is 1. The van der Waals surface area contributed by atoms with Gasteiger partial charge in [-0.3, -0.25) is 19.8 Å². The maximum absolute atomic E-state index is 14.2. The van der Waals surface area contributed by atoms with Crippen LogP contribution in [0, 0.1) is 0 Å². The molecule has 4 amide bonds. The number of amides is 4. The van der Waals surface area contributed by atoms with Gasteiger partial charge in [0.25, 0.3) is 11.8 Å². The first kappa shape index (κ1) is 49.4. The van der Waals surface area contributed by atoms with E-state index in [1.165, 1.54) is 35.1 Å². The zero-order valence-corrected chi connectivity index (χ0v) is 41.5. The summed E-state index contributed by atoms with van der Waals surface area (Å²) in [7, 11) is 2.78. The maximum atomic E-state index is 14.2. The number of carbonyl (C=O) groups is 5. The number of β-lactam (4-membered cyclic amide) rings is 1. The molecule has 0 bridgehead atoms. The summed E-state index contributed by atoms with van der Waals surface area (Å²) in [4.78, 5) is 82.4. The molecule has 7 rings (SSSR count). The Bertz CT molecular complexity index is 2860. The van der Waals surface area contributed by atoms with Gasteiger partial charge in [-0.05, 0) is 71.4 Å². The molecular weight excluding hydrogens is 958 g/mol. The number of thiazole rings is 1. The lowest BCUT2D eigenvalue weighted by Gasteiger charge is -2.49. The number of ether oxygens (including phenoxy) is 4. The van der Waals surface area contributed by atoms with Crippen LogP contribution in [0.2, 0.25) is 4.34 Å². The minimum Gasteiger partial charge on any atom is -0.497 e. The first-order valence-corrected chi connectivity index (χ1v) is 24.0. The van der Waals surface area contributed by atoms with Crippen LogP contribution in [0.5, 0.6) is 5.75 Å². The first-order chi connectivity index (χ1) is 32.2. The summed E-state index contributed by atoms with van der Waals surface area (Å²) < 4.78 is 25.8. The number of halogens is 1. The van der Waals surface area contributed by atoms with Crippen molar-refractivity contribution in [2.24, 2.45) is 15.9 Å². The lowest BCUT2D eigenvalue weighted by atomic mass is 10.0. The van der Waals surface area contributed by atoms with Crippen molar-refractivity contribution in [1.82, 2.24) is 19.8 Å². The molecule has 0 saturated carbocycles. The SMILES string of the molecule is CO/N=C(\C(=O)N[C@@H]1C(=O)N2C(C(=O)OCc3ccc(OC)cc3)=C(C[n+]3cccc4c3ccn4Cc3cc(C(N)=NC(=O)OC(C)(C)C)cs3)CS[C@H]12)c1nc(NC(=O)OC(C)(C)C)sc1Cl. The number of aromatic nitrogens is 3. The van der Waals surface area contributed by atoms with Gasteiger partial charge in [0.05, 0.1) is 13.7 Å². The third-order valence-corrected chi connectivity index (χ3v) is 13.4. The average Bonchev–Trinajstić information content (AvgIpc) is 4.01. The molecule has 2 atom stereocenters. The zero-order valence-electron chi connectivity index (χ0n) is 38.3. The van der Waals surface area contributed by atoms with E-state index in [0.717, 1.165) is 27.2 Å². The van der Waals surface area contributed by atoms with E-state index < -0.39 is 52.6 Å². The Balaban J connectivity index is 1.12. The van der Waals surface area contributed by atoms with Gasteiger partial charge in [-0.2, -0.15) is 9.56 Å². The second-order valence-corrected chi connectivity index (χ2v) is 21.0. The molecule has 68 heavy (non-hydrogen) atoms. The highest BCUT2D eigenvalue weighted by Gasteiger charge is 2.55. The fourth-order valence-electron chi connectivity index (χ4n) is 7.03. The highest BCUT2D eigenvalue weighted by Crippen LogP contribution is 2.41. The number of aliphatic imine (C=N–C) groups is 1. The number of hydrogen-bond donors (Lipinski definition) is 3. The molecule has 4 aromatic heterocycles. The van der Waals surface area contributed by atoms with E-state index in [9.17, 15) is 24.0 Å². The van der Waals surface area contributed by atoms with Crippen LogP contribution >= 0.6 is 46.0 Å². The topological polar surface area (TPSA) is 231 Å². The van der Waals surface area contributed by atoms with E-state index >= 15 is 0 Å². The average molecular weight is 1010 g/mol. The Morgan fingerprint density at radius 3 is 2.46 bits per heavy atom. The summed E-state index contributed by atoms with van der Waals surface area (Å²) in [5.74, 6) is -1.10. The highest BCUT2D eigenvalue weighted by atomic mass is 35.5. The molecule has 2 aliphatic heterocycles. The van der Waals surface area contributed by atoms with E-state index in [1.54, 1.807) is 72.9 Å². The number of carbonyl (C=O) groups excluding carboxylic acids is 5. The van der Waals surface area contributed by atoms with Gasteiger partial charge in [-0.1, -0.05) is 40.2 Å². The maximum Gasteiger partial charge on any atom is 0.436 e. The van der Waals surface area contributed by atoms with Crippen molar-refractivity contribution in [3.05, 3.63) is 104 Å². The number of methoxy groups -OCH3 is 1. The minimum atomic E-state index is -1.08. The van der Waals surface area contributed by atoms with Gasteiger partial charge >= 0.3 is 18.2 Å². The molecule has 23 heteroatoms. The number of oxime groups is 1. The standard InChI is InChI=1S/C45H48ClN9O10S3/c1-44(2,3)64-42(59)50-36(47)25-18-28(66-22-25)20-54-17-15-30-29(54)10-9-16-53(30)19-26-23-67-39-33(38(57)55(39)34(26)40(58)63-21-24-11-13-27(61-7)14-12-24)48-37(56)32(52-62-8)31-35(46)68-41(49-31)51-43(60)65-45(4,5)6/h9-18,22,33,39H,19-21,23H2,1-8H3,(H3-,47,48,49,50,51,56,59,60)/p+1/b52-32-/t33-,39-/m1/s1. The lowest BCUT2D eigenvalue weighted by molar-refractivity contribution is -0.663. The van der Waals surface area contributed by atoms with Gasteiger partial charge in [0, 0.05) is 45.5 Å². The molecule has 5 aromatic rings. The van der Waals surface area contributed by atoms with Crippen LogP contribution in [-0.4, -0.2) is 98.6 Å².